The predicted octanol–water partition coefficient (Wildman–Crippen LogP) is 2.16. The van der Waals surface area contributed by atoms with Crippen LogP contribution in [0.3, 0.4) is 0 Å². The molecule has 0 unspecified atom stereocenters. The second-order valence-electron chi connectivity index (χ2n) is 7.46. The molecule has 1 saturated carbocycles. The number of amides is 4. The number of aromatic nitrogens is 1. The van der Waals surface area contributed by atoms with Crippen LogP contribution in [-0.2, 0) is 11.8 Å². The third-order valence-electron chi connectivity index (χ3n) is 5.69. The minimum atomic E-state index is -0.663. The zero-order chi connectivity index (χ0) is 19.0. The van der Waals surface area contributed by atoms with Gasteiger partial charge in [-0.15, -0.1) is 0 Å². The Labute approximate surface area is 157 Å². The summed E-state index contributed by atoms with van der Waals surface area (Å²) in [6.07, 6.45) is 5.76. The van der Waals surface area contributed by atoms with Crippen LogP contribution in [0.5, 0.6) is 0 Å². The summed E-state index contributed by atoms with van der Waals surface area (Å²) in [5.41, 5.74) is 0.973. The number of carbonyl (C=O) groups is 3. The van der Waals surface area contributed by atoms with E-state index in [1.165, 1.54) is 4.90 Å². The van der Waals surface area contributed by atoms with Crippen LogP contribution in [-0.4, -0.2) is 45.9 Å². The van der Waals surface area contributed by atoms with E-state index >= 15 is 0 Å². The van der Waals surface area contributed by atoms with Gasteiger partial charge < -0.3 is 15.2 Å². The van der Waals surface area contributed by atoms with Gasteiger partial charge in [0.1, 0.15) is 5.54 Å². The van der Waals surface area contributed by atoms with Crippen molar-refractivity contribution in [1.82, 2.24) is 20.1 Å². The van der Waals surface area contributed by atoms with Gasteiger partial charge >= 0.3 is 6.03 Å². The minimum Gasteiger partial charge on any atom is -0.352 e. The Hall–Kier alpha value is -2.83. The van der Waals surface area contributed by atoms with Gasteiger partial charge in [-0.05, 0) is 25.3 Å². The average molecular weight is 368 g/mol. The molecular weight excluding hydrogens is 344 g/mol. The maximum Gasteiger partial charge on any atom is 0.325 e. The molecule has 142 valence electrons. The number of rotatable bonds is 5. The van der Waals surface area contributed by atoms with E-state index in [9.17, 15) is 14.4 Å². The summed E-state index contributed by atoms with van der Waals surface area (Å²) in [4.78, 5) is 38.6. The number of nitrogens with zero attached hydrogens (tertiary/aromatic N) is 2. The quantitative estimate of drug-likeness (QED) is 0.627. The van der Waals surface area contributed by atoms with Crippen LogP contribution in [0.25, 0.3) is 10.9 Å². The van der Waals surface area contributed by atoms with Crippen LogP contribution in [0.1, 0.15) is 42.5 Å². The number of hydrogen-bond donors (Lipinski definition) is 2. The largest absolute Gasteiger partial charge is 0.352 e. The Balaban J connectivity index is 1.33. The summed E-state index contributed by atoms with van der Waals surface area (Å²) in [6.45, 7) is 0.731. The lowest BCUT2D eigenvalue weighted by Gasteiger charge is -2.20. The number of fused-ring (bicyclic) bond motifs is 1. The molecule has 4 amide bonds. The summed E-state index contributed by atoms with van der Waals surface area (Å²) < 4.78 is 1.93. The van der Waals surface area contributed by atoms with Crippen molar-refractivity contribution in [2.45, 2.75) is 37.6 Å². The highest BCUT2D eigenvalue weighted by molar-refractivity contribution is 6.07. The molecule has 1 aromatic heterocycles. The first-order chi connectivity index (χ1) is 13.0. The Bertz CT molecular complexity index is 911. The molecule has 2 fully saturated rings. The van der Waals surface area contributed by atoms with Gasteiger partial charge in [0, 0.05) is 37.2 Å². The van der Waals surface area contributed by atoms with E-state index in [0.29, 0.717) is 25.1 Å². The van der Waals surface area contributed by atoms with Crippen LogP contribution in [0.15, 0.2) is 30.5 Å². The van der Waals surface area contributed by atoms with Crippen LogP contribution in [0, 0.1) is 0 Å². The average Bonchev–Trinajstić information content (AvgIpc) is 3.32. The van der Waals surface area contributed by atoms with Gasteiger partial charge in [-0.3, -0.25) is 14.5 Å². The Morgan fingerprint density at radius 2 is 1.96 bits per heavy atom. The molecule has 1 aromatic carbocycles. The third-order valence-corrected chi connectivity index (χ3v) is 5.69. The van der Waals surface area contributed by atoms with E-state index < -0.39 is 5.54 Å². The molecule has 2 aliphatic rings. The highest BCUT2D eigenvalue weighted by atomic mass is 16.2. The molecule has 1 saturated heterocycles. The van der Waals surface area contributed by atoms with E-state index in [1.54, 1.807) is 0 Å². The zero-order valence-corrected chi connectivity index (χ0v) is 15.5. The Morgan fingerprint density at radius 3 is 2.74 bits per heavy atom. The van der Waals surface area contributed by atoms with E-state index in [2.05, 4.69) is 10.6 Å². The van der Waals surface area contributed by atoms with Gasteiger partial charge in [0.05, 0.1) is 5.56 Å². The molecule has 1 aliphatic carbocycles. The number of imide groups is 1. The van der Waals surface area contributed by atoms with Crippen molar-refractivity contribution in [2.24, 2.45) is 7.05 Å². The maximum absolute atomic E-state index is 12.6. The predicted molar refractivity (Wildman–Crippen MR) is 101 cm³/mol. The summed E-state index contributed by atoms with van der Waals surface area (Å²) >= 11 is 0. The number of benzene rings is 1. The van der Waals surface area contributed by atoms with Crippen molar-refractivity contribution in [2.75, 3.05) is 13.1 Å². The Morgan fingerprint density at radius 1 is 1.22 bits per heavy atom. The summed E-state index contributed by atoms with van der Waals surface area (Å²) in [5, 5.41) is 6.68. The van der Waals surface area contributed by atoms with Crippen LogP contribution < -0.4 is 10.6 Å². The molecule has 2 N–H and O–H groups in total. The molecule has 7 heteroatoms. The lowest BCUT2D eigenvalue weighted by Crippen LogP contribution is -2.44. The number of aryl methyl sites for hydroxylation is 1. The van der Waals surface area contributed by atoms with Crippen LogP contribution >= 0.6 is 0 Å². The fourth-order valence-electron chi connectivity index (χ4n) is 4.25. The molecule has 0 bridgehead atoms. The van der Waals surface area contributed by atoms with Crippen molar-refractivity contribution >= 4 is 28.7 Å². The molecule has 1 spiro atoms. The molecule has 1 aliphatic heterocycles. The first-order valence-electron chi connectivity index (χ1n) is 9.48. The number of urea groups is 1. The Kier molecular flexibility index (Phi) is 4.37. The van der Waals surface area contributed by atoms with Crippen molar-refractivity contribution in [3.05, 3.63) is 36.0 Å². The van der Waals surface area contributed by atoms with Crippen molar-refractivity contribution in [3.63, 3.8) is 0 Å². The second kappa shape index (κ2) is 6.72. The van der Waals surface area contributed by atoms with E-state index in [0.717, 1.165) is 36.6 Å². The molecule has 0 atom stereocenters. The first kappa shape index (κ1) is 17.6. The third kappa shape index (κ3) is 2.97. The van der Waals surface area contributed by atoms with Gasteiger partial charge in [-0.2, -0.15) is 0 Å². The summed E-state index contributed by atoms with van der Waals surface area (Å²) in [5.74, 6) is -0.248. The molecule has 2 heterocycles. The topological polar surface area (TPSA) is 83.4 Å². The normalized spacial score (nSPS) is 18.5. The van der Waals surface area contributed by atoms with Crippen LogP contribution in [0.4, 0.5) is 4.79 Å². The molecule has 27 heavy (non-hydrogen) atoms. The van der Waals surface area contributed by atoms with E-state index in [-0.39, 0.29) is 17.8 Å². The second-order valence-corrected chi connectivity index (χ2v) is 7.46. The maximum atomic E-state index is 12.6. The zero-order valence-electron chi connectivity index (χ0n) is 15.5. The highest BCUT2D eigenvalue weighted by Gasteiger charge is 2.51. The molecular formula is C20H24N4O3. The van der Waals surface area contributed by atoms with Gasteiger partial charge in [-0.1, -0.05) is 31.0 Å². The fourth-order valence-corrected chi connectivity index (χ4v) is 4.25. The lowest BCUT2D eigenvalue weighted by atomic mass is 9.98. The van der Waals surface area contributed by atoms with Gasteiger partial charge in [0.15, 0.2) is 0 Å². The van der Waals surface area contributed by atoms with Crippen molar-refractivity contribution in [3.8, 4) is 0 Å². The number of nitrogens with one attached hydrogen (secondary N) is 2. The van der Waals surface area contributed by atoms with E-state index in [4.69, 9.17) is 0 Å². The molecule has 7 nitrogen and oxygen atoms in total. The standard InChI is InChI=1S/C20H24N4O3/c1-23-13-15(14-7-2-3-8-16(14)23)17(25)21-11-6-12-24-18(26)20(22-19(24)27)9-4-5-10-20/h2-3,7-8,13H,4-6,9-12H2,1H3,(H,21,25)(H,22,27). The number of para-hydroxylation sites is 1. The van der Waals surface area contributed by atoms with Gasteiger partial charge in [0.2, 0.25) is 0 Å². The number of carbonyl (C=O) groups excluding carboxylic acids is 3. The van der Waals surface area contributed by atoms with Crippen molar-refractivity contribution < 1.29 is 14.4 Å². The molecule has 4 rings (SSSR count). The van der Waals surface area contributed by atoms with E-state index in [1.807, 2.05) is 42.1 Å². The summed E-state index contributed by atoms with van der Waals surface area (Å²) in [6, 6.07) is 7.46. The van der Waals surface area contributed by atoms with Gasteiger partial charge in [0.25, 0.3) is 11.8 Å². The van der Waals surface area contributed by atoms with Crippen LogP contribution in [0.2, 0.25) is 0 Å². The van der Waals surface area contributed by atoms with Crippen molar-refractivity contribution in [1.29, 1.82) is 0 Å². The number of hydrogen-bond acceptors (Lipinski definition) is 3. The summed E-state index contributed by atoms with van der Waals surface area (Å²) in [7, 11) is 1.91. The molecule has 0 radical (unpaired) electrons. The molecule has 2 aromatic rings. The monoisotopic (exact) mass is 368 g/mol. The lowest BCUT2D eigenvalue weighted by molar-refractivity contribution is -0.131. The van der Waals surface area contributed by atoms with Gasteiger partial charge in [-0.25, -0.2) is 4.79 Å². The SMILES string of the molecule is Cn1cc(C(=O)NCCCN2C(=O)NC3(CCCC3)C2=O)c2ccccc21. The minimum absolute atomic E-state index is 0.106. The fraction of sp³-hybridized carbons (Fsp3) is 0.450. The highest BCUT2D eigenvalue weighted by Crippen LogP contribution is 2.35. The first-order valence-corrected chi connectivity index (χ1v) is 9.48. The smallest absolute Gasteiger partial charge is 0.325 e.